The molecule has 94 valence electrons. The second-order valence-corrected chi connectivity index (χ2v) is 5.14. The highest BCUT2D eigenvalue weighted by atomic mass is 79.9. The van der Waals surface area contributed by atoms with Crippen LogP contribution in [0, 0.1) is 6.92 Å². The number of aryl methyl sites for hydroxylation is 1. The molecular weight excluding hydrogens is 318 g/mol. The van der Waals surface area contributed by atoms with Crippen molar-refractivity contribution >= 4 is 39.1 Å². The Hall–Kier alpha value is -1.33. The summed E-state index contributed by atoms with van der Waals surface area (Å²) in [7, 11) is 1.79. The number of halogens is 2. The summed E-state index contributed by atoms with van der Waals surface area (Å²) in [6.07, 6.45) is 1.54. The Balaban J connectivity index is 2.27. The van der Waals surface area contributed by atoms with Gasteiger partial charge in [0.05, 0.1) is 17.4 Å². The number of benzene rings is 1. The Morgan fingerprint density at radius 1 is 1.50 bits per heavy atom. The molecule has 1 amide bonds. The van der Waals surface area contributed by atoms with Crippen molar-refractivity contribution in [2.24, 2.45) is 7.05 Å². The smallest absolute Gasteiger partial charge is 0.259 e. The SMILES string of the molecule is Cc1c(C(=O)Nc2cc(Cl)ccc2Br)cnn1C. The van der Waals surface area contributed by atoms with E-state index >= 15 is 0 Å². The molecule has 1 N–H and O–H groups in total. The molecule has 0 atom stereocenters. The van der Waals surface area contributed by atoms with E-state index in [-0.39, 0.29) is 5.91 Å². The monoisotopic (exact) mass is 327 g/mol. The van der Waals surface area contributed by atoms with Crippen LogP contribution < -0.4 is 5.32 Å². The minimum absolute atomic E-state index is 0.205. The molecule has 1 aromatic carbocycles. The molecule has 0 aliphatic carbocycles. The average molecular weight is 329 g/mol. The molecule has 0 spiro atoms. The fourth-order valence-electron chi connectivity index (χ4n) is 1.50. The summed E-state index contributed by atoms with van der Waals surface area (Å²) in [6.45, 7) is 1.84. The molecule has 0 saturated heterocycles. The third-order valence-corrected chi connectivity index (χ3v) is 3.58. The topological polar surface area (TPSA) is 46.9 Å². The number of amides is 1. The van der Waals surface area contributed by atoms with E-state index in [1.165, 1.54) is 0 Å². The highest BCUT2D eigenvalue weighted by molar-refractivity contribution is 9.10. The molecule has 0 aliphatic rings. The van der Waals surface area contributed by atoms with Crippen molar-refractivity contribution in [2.45, 2.75) is 6.92 Å². The molecular formula is C12H11BrClN3O. The number of hydrogen-bond acceptors (Lipinski definition) is 2. The van der Waals surface area contributed by atoms with Gasteiger partial charge in [-0.15, -0.1) is 0 Å². The van der Waals surface area contributed by atoms with Gasteiger partial charge in [-0.05, 0) is 41.1 Å². The van der Waals surface area contributed by atoms with E-state index in [0.717, 1.165) is 10.2 Å². The van der Waals surface area contributed by atoms with Gasteiger partial charge in [0.25, 0.3) is 5.91 Å². The number of nitrogens with one attached hydrogen (secondary N) is 1. The first-order valence-corrected chi connectivity index (χ1v) is 6.41. The van der Waals surface area contributed by atoms with Crippen LogP contribution in [0.25, 0.3) is 0 Å². The van der Waals surface area contributed by atoms with Crippen LogP contribution in [0.3, 0.4) is 0 Å². The molecule has 0 bridgehead atoms. The number of carbonyl (C=O) groups excluding carboxylic acids is 1. The van der Waals surface area contributed by atoms with Crippen molar-refractivity contribution in [1.29, 1.82) is 0 Å². The highest BCUT2D eigenvalue weighted by Gasteiger charge is 2.14. The van der Waals surface area contributed by atoms with E-state index < -0.39 is 0 Å². The summed E-state index contributed by atoms with van der Waals surface area (Å²) >= 11 is 9.25. The van der Waals surface area contributed by atoms with Gasteiger partial charge < -0.3 is 5.32 Å². The molecule has 6 heteroatoms. The molecule has 4 nitrogen and oxygen atoms in total. The molecule has 2 aromatic rings. The van der Waals surface area contributed by atoms with E-state index in [9.17, 15) is 4.79 Å². The Kier molecular flexibility index (Phi) is 3.73. The van der Waals surface area contributed by atoms with Gasteiger partial charge in [0, 0.05) is 22.2 Å². The minimum Gasteiger partial charge on any atom is -0.321 e. The quantitative estimate of drug-likeness (QED) is 0.918. The fraction of sp³-hybridized carbons (Fsp3) is 0.167. The van der Waals surface area contributed by atoms with Crippen LogP contribution in [-0.2, 0) is 7.05 Å². The lowest BCUT2D eigenvalue weighted by Crippen LogP contribution is -2.13. The van der Waals surface area contributed by atoms with Crippen molar-refractivity contribution in [1.82, 2.24) is 9.78 Å². The third kappa shape index (κ3) is 2.57. The maximum Gasteiger partial charge on any atom is 0.259 e. The molecule has 18 heavy (non-hydrogen) atoms. The Morgan fingerprint density at radius 2 is 2.22 bits per heavy atom. The zero-order valence-electron chi connectivity index (χ0n) is 9.87. The van der Waals surface area contributed by atoms with E-state index in [0.29, 0.717) is 16.3 Å². The molecule has 0 unspecified atom stereocenters. The molecule has 0 saturated carbocycles. The lowest BCUT2D eigenvalue weighted by atomic mass is 10.2. The number of rotatable bonds is 2. The fourth-order valence-corrected chi connectivity index (χ4v) is 2.02. The maximum absolute atomic E-state index is 12.1. The van der Waals surface area contributed by atoms with Gasteiger partial charge in [0.15, 0.2) is 0 Å². The zero-order chi connectivity index (χ0) is 13.3. The first-order valence-electron chi connectivity index (χ1n) is 5.24. The first-order chi connectivity index (χ1) is 8.49. The van der Waals surface area contributed by atoms with E-state index in [4.69, 9.17) is 11.6 Å². The van der Waals surface area contributed by atoms with Gasteiger partial charge in [-0.3, -0.25) is 9.48 Å². The van der Waals surface area contributed by atoms with Crippen molar-refractivity contribution in [3.8, 4) is 0 Å². The number of carbonyl (C=O) groups is 1. The summed E-state index contributed by atoms with van der Waals surface area (Å²) in [6, 6.07) is 5.22. The van der Waals surface area contributed by atoms with Crippen LogP contribution in [0.15, 0.2) is 28.9 Å². The van der Waals surface area contributed by atoms with Crippen molar-refractivity contribution in [3.05, 3.63) is 45.1 Å². The van der Waals surface area contributed by atoms with Crippen LogP contribution in [-0.4, -0.2) is 15.7 Å². The minimum atomic E-state index is -0.205. The standard InChI is InChI=1S/C12H11BrClN3O/c1-7-9(6-15-17(7)2)12(18)16-11-5-8(14)3-4-10(11)13/h3-6H,1-2H3,(H,16,18). The van der Waals surface area contributed by atoms with Crippen molar-refractivity contribution < 1.29 is 4.79 Å². The summed E-state index contributed by atoms with van der Waals surface area (Å²) in [4.78, 5) is 12.1. The van der Waals surface area contributed by atoms with E-state index in [1.807, 2.05) is 6.92 Å². The third-order valence-electron chi connectivity index (χ3n) is 2.66. The van der Waals surface area contributed by atoms with Gasteiger partial charge in [0.1, 0.15) is 0 Å². The molecule has 1 aromatic heterocycles. The van der Waals surface area contributed by atoms with Gasteiger partial charge >= 0.3 is 0 Å². The molecule has 0 radical (unpaired) electrons. The van der Waals surface area contributed by atoms with Crippen molar-refractivity contribution in [3.63, 3.8) is 0 Å². The van der Waals surface area contributed by atoms with Crippen LogP contribution >= 0.6 is 27.5 Å². The average Bonchev–Trinajstić information content (AvgIpc) is 2.65. The number of hydrogen-bond donors (Lipinski definition) is 1. The summed E-state index contributed by atoms with van der Waals surface area (Å²) in [5.74, 6) is -0.205. The molecule has 0 aliphatic heterocycles. The maximum atomic E-state index is 12.1. The second kappa shape index (κ2) is 5.12. The summed E-state index contributed by atoms with van der Waals surface area (Å²) < 4.78 is 2.43. The Bertz CT molecular complexity index is 609. The van der Waals surface area contributed by atoms with Gasteiger partial charge in [-0.1, -0.05) is 11.6 Å². The van der Waals surface area contributed by atoms with Crippen LogP contribution in [0.4, 0.5) is 5.69 Å². The Labute approximate surface area is 118 Å². The molecule has 0 fully saturated rings. The lowest BCUT2D eigenvalue weighted by Gasteiger charge is -2.07. The highest BCUT2D eigenvalue weighted by Crippen LogP contribution is 2.26. The van der Waals surface area contributed by atoms with Gasteiger partial charge in [-0.25, -0.2) is 0 Å². The predicted molar refractivity (Wildman–Crippen MR) is 75.1 cm³/mol. The lowest BCUT2D eigenvalue weighted by molar-refractivity contribution is 0.102. The first kappa shape index (κ1) is 13.1. The van der Waals surface area contributed by atoms with Crippen LogP contribution in [0.2, 0.25) is 5.02 Å². The van der Waals surface area contributed by atoms with Gasteiger partial charge in [0.2, 0.25) is 0 Å². The summed E-state index contributed by atoms with van der Waals surface area (Å²) in [5.41, 5.74) is 1.99. The second-order valence-electron chi connectivity index (χ2n) is 3.85. The van der Waals surface area contributed by atoms with Crippen LogP contribution in [0.5, 0.6) is 0 Å². The van der Waals surface area contributed by atoms with Crippen molar-refractivity contribution in [2.75, 3.05) is 5.32 Å². The number of nitrogens with zero attached hydrogens (tertiary/aromatic N) is 2. The van der Waals surface area contributed by atoms with Gasteiger partial charge in [-0.2, -0.15) is 5.10 Å². The molecule has 1 heterocycles. The Morgan fingerprint density at radius 3 is 2.83 bits per heavy atom. The number of aromatic nitrogens is 2. The summed E-state index contributed by atoms with van der Waals surface area (Å²) in [5, 5.41) is 7.40. The van der Waals surface area contributed by atoms with E-state index in [2.05, 4.69) is 26.3 Å². The normalized spacial score (nSPS) is 10.4. The van der Waals surface area contributed by atoms with Crippen LogP contribution in [0.1, 0.15) is 16.1 Å². The zero-order valence-corrected chi connectivity index (χ0v) is 12.2. The largest absolute Gasteiger partial charge is 0.321 e. The number of anilines is 1. The predicted octanol–water partition coefficient (Wildman–Crippen LogP) is 3.40. The molecule has 2 rings (SSSR count). The van der Waals surface area contributed by atoms with E-state index in [1.54, 1.807) is 36.1 Å².